The second-order valence-corrected chi connectivity index (χ2v) is 5.79. The van der Waals surface area contributed by atoms with Gasteiger partial charge in [0.15, 0.2) is 0 Å². The molecular formula is C18H27NO3. The van der Waals surface area contributed by atoms with Gasteiger partial charge in [0.2, 0.25) is 0 Å². The van der Waals surface area contributed by atoms with Gasteiger partial charge in [-0.25, -0.2) is 0 Å². The van der Waals surface area contributed by atoms with Gasteiger partial charge in [-0.05, 0) is 31.7 Å². The third-order valence-corrected chi connectivity index (χ3v) is 3.99. The molecule has 0 N–H and O–H groups in total. The number of ether oxygens (including phenoxy) is 1. The average molecular weight is 305 g/mol. The zero-order chi connectivity index (χ0) is 16.4. The minimum atomic E-state index is -0.273. The average Bonchev–Trinajstić information content (AvgIpc) is 2.53. The molecule has 0 saturated heterocycles. The number of nitrogens with zero attached hydrogens (tertiary/aromatic N) is 1. The van der Waals surface area contributed by atoms with Gasteiger partial charge in [-0.15, -0.1) is 0 Å². The van der Waals surface area contributed by atoms with E-state index in [1.165, 1.54) is 12.5 Å². The van der Waals surface area contributed by atoms with E-state index in [4.69, 9.17) is 9.57 Å². The number of rotatable bonds is 9. The fourth-order valence-electron chi connectivity index (χ4n) is 1.96. The first-order chi connectivity index (χ1) is 10.5. The highest BCUT2D eigenvalue weighted by Crippen LogP contribution is 2.24. The highest BCUT2D eigenvalue weighted by atomic mass is 16.6. The van der Waals surface area contributed by atoms with Crippen molar-refractivity contribution in [1.29, 1.82) is 0 Å². The van der Waals surface area contributed by atoms with Crippen LogP contribution < -0.4 is 0 Å². The molecule has 0 aliphatic heterocycles. The summed E-state index contributed by atoms with van der Waals surface area (Å²) in [6.45, 7) is 8.34. The fourth-order valence-corrected chi connectivity index (χ4v) is 1.96. The largest absolute Gasteiger partial charge is 0.465 e. The van der Waals surface area contributed by atoms with E-state index in [0.29, 0.717) is 13.2 Å². The molecule has 1 aromatic rings. The van der Waals surface area contributed by atoms with Gasteiger partial charge >= 0.3 is 5.97 Å². The molecule has 0 heterocycles. The van der Waals surface area contributed by atoms with E-state index in [1.807, 2.05) is 32.0 Å². The number of esters is 1. The van der Waals surface area contributed by atoms with Crippen molar-refractivity contribution < 1.29 is 14.4 Å². The number of aryl methyl sites for hydroxylation is 1. The highest BCUT2D eigenvalue weighted by Gasteiger charge is 2.28. The second-order valence-electron chi connectivity index (χ2n) is 5.79. The van der Waals surface area contributed by atoms with Crippen molar-refractivity contribution in [3.63, 3.8) is 0 Å². The lowest BCUT2D eigenvalue weighted by Gasteiger charge is -2.26. The van der Waals surface area contributed by atoms with E-state index < -0.39 is 0 Å². The number of benzene rings is 1. The van der Waals surface area contributed by atoms with Crippen molar-refractivity contribution in [2.45, 2.75) is 47.0 Å². The molecule has 1 aromatic carbocycles. The molecule has 0 radical (unpaired) electrons. The predicted molar refractivity (Wildman–Crippen MR) is 88.9 cm³/mol. The molecular weight excluding hydrogens is 278 g/mol. The van der Waals surface area contributed by atoms with Crippen LogP contribution in [0.2, 0.25) is 0 Å². The number of oxime groups is 1. The lowest BCUT2D eigenvalue weighted by Crippen LogP contribution is -2.31. The lowest BCUT2D eigenvalue weighted by atomic mass is 9.84. The van der Waals surface area contributed by atoms with E-state index in [-0.39, 0.29) is 11.4 Å². The Kier molecular flexibility index (Phi) is 7.64. The van der Waals surface area contributed by atoms with Crippen molar-refractivity contribution in [2.24, 2.45) is 10.6 Å². The van der Waals surface area contributed by atoms with Crippen molar-refractivity contribution in [2.75, 3.05) is 13.2 Å². The van der Waals surface area contributed by atoms with Crippen molar-refractivity contribution in [3.8, 4) is 0 Å². The topological polar surface area (TPSA) is 47.9 Å². The molecule has 0 aliphatic rings. The van der Waals surface area contributed by atoms with Crippen LogP contribution in [0.1, 0.15) is 46.1 Å². The van der Waals surface area contributed by atoms with Crippen LogP contribution in [-0.4, -0.2) is 24.9 Å². The first kappa shape index (κ1) is 18.2. The minimum absolute atomic E-state index is 0.267. The maximum atomic E-state index is 11.0. The van der Waals surface area contributed by atoms with Gasteiger partial charge in [-0.2, -0.15) is 0 Å². The van der Waals surface area contributed by atoms with Crippen LogP contribution >= 0.6 is 0 Å². The van der Waals surface area contributed by atoms with Gasteiger partial charge in [0.1, 0.15) is 13.2 Å². The van der Waals surface area contributed by atoms with E-state index in [1.54, 1.807) is 0 Å². The van der Waals surface area contributed by atoms with Crippen molar-refractivity contribution >= 4 is 11.7 Å². The third-order valence-electron chi connectivity index (χ3n) is 3.99. The molecule has 1 rings (SSSR count). The van der Waals surface area contributed by atoms with Gasteiger partial charge < -0.3 is 9.57 Å². The molecule has 4 nitrogen and oxygen atoms in total. The molecule has 0 saturated carbocycles. The predicted octanol–water partition coefficient (Wildman–Crippen LogP) is 3.99. The number of hydrogen-bond acceptors (Lipinski definition) is 4. The summed E-state index contributed by atoms with van der Waals surface area (Å²) in [5, 5.41) is 4.20. The molecule has 1 atom stereocenters. The summed E-state index contributed by atoms with van der Waals surface area (Å²) in [6.07, 6.45) is 2.74. The smallest absolute Gasteiger partial charge is 0.302 e. The molecule has 0 spiro atoms. The standard InChI is InChI=1S/C18H27NO3/c1-5-18(4,14-21-16(3)20)15(2)19-22-13-9-12-17-10-7-6-8-11-17/h6-8,10-11H,5,9,12-14H2,1-4H3/b19-15+. The van der Waals surface area contributed by atoms with Crippen molar-refractivity contribution in [1.82, 2.24) is 0 Å². The normalized spacial score (nSPS) is 14.3. The zero-order valence-electron chi connectivity index (χ0n) is 14.1. The van der Waals surface area contributed by atoms with Crippen LogP contribution in [0, 0.1) is 5.41 Å². The quantitative estimate of drug-likeness (QED) is 0.300. The van der Waals surface area contributed by atoms with Gasteiger partial charge in [-0.1, -0.05) is 49.3 Å². The van der Waals surface area contributed by atoms with Crippen LogP contribution in [0.4, 0.5) is 0 Å². The van der Waals surface area contributed by atoms with E-state index >= 15 is 0 Å². The zero-order valence-corrected chi connectivity index (χ0v) is 14.1. The molecule has 1 unspecified atom stereocenters. The Bertz CT molecular complexity index is 484. The first-order valence-electron chi connectivity index (χ1n) is 7.82. The first-order valence-corrected chi connectivity index (χ1v) is 7.82. The lowest BCUT2D eigenvalue weighted by molar-refractivity contribution is -0.143. The van der Waals surface area contributed by atoms with Crippen molar-refractivity contribution in [3.05, 3.63) is 35.9 Å². The molecule has 0 aromatic heterocycles. The number of hydrogen-bond donors (Lipinski definition) is 0. The Labute approximate surface area is 133 Å². The summed E-state index contributed by atoms with van der Waals surface area (Å²) >= 11 is 0. The Hall–Kier alpha value is -1.84. The van der Waals surface area contributed by atoms with Gasteiger partial charge in [-0.3, -0.25) is 4.79 Å². The summed E-state index contributed by atoms with van der Waals surface area (Å²) in [6, 6.07) is 10.3. The molecule has 22 heavy (non-hydrogen) atoms. The van der Waals surface area contributed by atoms with E-state index in [9.17, 15) is 4.79 Å². The summed E-state index contributed by atoms with van der Waals surface area (Å²) in [5.41, 5.74) is 1.89. The SMILES string of the molecule is CCC(C)(COC(C)=O)/C(C)=N/OCCCc1ccccc1. The summed E-state index contributed by atoms with van der Waals surface area (Å²) in [5.74, 6) is -0.267. The Morgan fingerprint density at radius 3 is 2.50 bits per heavy atom. The van der Waals surface area contributed by atoms with Crippen LogP contribution in [-0.2, 0) is 20.8 Å². The Morgan fingerprint density at radius 1 is 1.23 bits per heavy atom. The molecule has 4 heteroatoms. The minimum Gasteiger partial charge on any atom is -0.465 e. The Morgan fingerprint density at radius 2 is 1.91 bits per heavy atom. The summed E-state index contributed by atoms with van der Waals surface area (Å²) in [4.78, 5) is 16.4. The molecule has 0 fully saturated rings. The maximum Gasteiger partial charge on any atom is 0.302 e. The van der Waals surface area contributed by atoms with Crippen LogP contribution in [0.25, 0.3) is 0 Å². The van der Waals surface area contributed by atoms with Gasteiger partial charge in [0.25, 0.3) is 0 Å². The third kappa shape index (κ3) is 6.29. The van der Waals surface area contributed by atoms with Crippen LogP contribution in [0.5, 0.6) is 0 Å². The highest BCUT2D eigenvalue weighted by molar-refractivity contribution is 5.87. The van der Waals surface area contributed by atoms with E-state index in [2.05, 4.69) is 24.2 Å². The van der Waals surface area contributed by atoms with Gasteiger partial charge in [0.05, 0.1) is 5.71 Å². The maximum absolute atomic E-state index is 11.0. The van der Waals surface area contributed by atoms with Gasteiger partial charge in [0, 0.05) is 12.3 Å². The molecule has 122 valence electrons. The molecule has 0 amide bonds. The summed E-state index contributed by atoms with van der Waals surface area (Å²) < 4.78 is 5.13. The Balaban J connectivity index is 2.38. The second kappa shape index (κ2) is 9.23. The molecule has 0 bridgehead atoms. The monoisotopic (exact) mass is 305 g/mol. The number of carbonyl (C=O) groups is 1. The summed E-state index contributed by atoms with van der Waals surface area (Å²) in [7, 11) is 0. The van der Waals surface area contributed by atoms with Crippen LogP contribution in [0.3, 0.4) is 0 Å². The van der Waals surface area contributed by atoms with E-state index in [0.717, 1.165) is 25.0 Å². The number of carbonyl (C=O) groups excluding carboxylic acids is 1. The van der Waals surface area contributed by atoms with Crippen LogP contribution in [0.15, 0.2) is 35.5 Å². The molecule has 0 aliphatic carbocycles. The fraction of sp³-hybridized carbons (Fsp3) is 0.556.